The van der Waals surface area contributed by atoms with Gasteiger partial charge in [-0.3, -0.25) is 0 Å². The molecule has 0 radical (unpaired) electrons. The van der Waals surface area contributed by atoms with E-state index in [1.165, 1.54) is 0 Å². The van der Waals surface area contributed by atoms with Gasteiger partial charge in [0.2, 0.25) is 0 Å². The molecule has 0 unspecified atom stereocenters. The molecule has 0 aliphatic heterocycles. The molecule has 0 aliphatic carbocycles. The fourth-order valence-corrected chi connectivity index (χ4v) is 2.00. The van der Waals surface area contributed by atoms with Crippen LogP contribution in [-0.2, 0) is 6.54 Å². The first kappa shape index (κ1) is 13.3. The summed E-state index contributed by atoms with van der Waals surface area (Å²) in [5, 5.41) is 15.8. The van der Waals surface area contributed by atoms with E-state index in [4.69, 9.17) is 0 Å². The average Bonchev–Trinajstić information content (AvgIpc) is 2.86. The summed E-state index contributed by atoms with van der Waals surface area (Å²) in [6.45, 7) is 2.56. The second-order valence-corrected chi connectivity index (χ2v) is 5.01. The summed E-state index contributed by atoms with van der Waals surface area (Å²) in [5.41, 5.74) is 1.90. The van der Waals surface area contributed by atoms with E-state index in [-0.39, 0.29) is 0 Å². The van der Waals surface area contributed by atoms with Gasteiger partial charge in [-0.2, -0.15) is 4.52 Å². The van der Waals surface area contributed by atoms with E-state index in [1.54, 1.807) is 4.52 Å². The first-order chi connectivity index (χ1) is 10.1. The van der Waals surface area contributed by atoms with Crippen LogP contribution < -0.4 is 10.2 Å². The van der Waals surface area contributed by atoms with Gasteiger partial charge in [-0.1, -0.05) is 0 Å². The second kappa shape index (κ2) is 5.35. The molecule has 7 heteroatoms. The minimum Gasteiger partial charge on any atom is -0.365 e. The smallest absolute Gasteiger partial charge is 0.178 e. The lowest BCUT2D eigenvalue weighted by atomic mass is 10.2. The molecule has 0 saturated heterocycles. The Morgan fingerprint density at radius 3 is 2.86 bits per heavy atom. The quantitative estimate of drug-likeness (QED) is 0.782. The van der Waals surface area contributed by atoms with Crippen LogP contribution in [0.25, 0.3) is 5.65 Å². The van der Waals surface area contributed by atoms with Crippen molar-refractivity contribution in [1.29, 1.82) is 0 Å². The third kappa shape index (κ3) is 2.76. The van der Waals surface area contributed by atoms with Crippen LogP contribution in [0.5, 0.6) is 0 Å². The predicted molar refractivity (Wildman–Crippen MR) is 81.4 cm³/mol. The standard InChI is InChI=1S/C14H17N7/c1-10-17-18-13-5-4-12(19-21(10)13)16-9-11-6-7-15-14(8-11)20(2)3/h4-8H,9H2,1-3H3,(H,16,19). The number of nitrogens with one attached hydrogen (secondary N) is 1. The molecule has 0 bridgehead atoms. The Hall–Kier alpha value is -2.70. The zero-order valence-corrected chi connectivity index (χ0v) is 12.3. The van der Waals surface area contributed by atoms with E-state index in [9.17, 15) is 0 Å². The zero-order valence-electron chi connectivity index (χ0n) is 12.3. The lowest BCUT2D eigenvalue weighted by molar-refractivity contribution is 0.871. The normalized spacial score (nSPS) is 10.8. The van der Waals surface area contributed by atoms with E-state index in [0.717, 1.165) is 28.7 Å². The number of hydrogen-bond donors (Lipinski definition) is 1. The highest BCUT2D eigenvalue weighted by Gasteiger charge is 2.04. The van der Waals surface area contributed by atoms with E-state index in [2.05, 4.69) is 31.7 Å². The molecule has 0 amide bonds. The molecule has 0 spiro atoms. The Balaban J connectivity index is 1.76. The van der Waals surface area contributed by atoms with Gasteiger partial charge in [0, 0.05) is 26.8 Å². The first-order valence-corrected chi connectivity index (χ1v) is 6.69. The van der Waals surface area contributed by atoms with Crippen LogP contribution in [0.3, 0.4) is 0 Å². The Morgan fingerprint density at radius 2 is 2.05 bits per heavy atom. The summed E-state index contributed by atoms with van der Waals surface area (Å²) < 4.78 is 1.72. The summed E-state index contributed by atoms with van der Waals surface area (Å²) in [6, 6.07) is 7.84. The number of hydrogen-bond acceptors (Lipinski definition) is 6. The van der Waals surface area contributed by atoms with Gasteiger partial charge < -0.3 is 10.2 Å². The van der Waals surface area contributed by atoms with Crippen LogP contribution in [0.15, 0.2) is 30.5 Å². The molecule has 0 fully saturated rings. The molecule has 3 rings (SSSR count). The summed E-state index contributed by atoms with van der Waals surface area (Å²) in [7, 11) is 3.95. The fourth-order valence-electron chi connectivity index (χ4n) is 2.00. The second-order valence-electron chi connectivity index (χ2n) is 5.01. The van der Waals surface area contributed by atoms with E-state index >= 15 is 0 Å². The molecule has 1 N–H and O–H groups in total. The van der Waals surface area contributed by atoms with Crippen LogP contribution in [-0.4, -0.2) is 38.9 Å². The maximum atomic E-state index is 4.46. The maximum Gasteiger partial charge on any atom is 0.178 e. The van der Waals surface area contributed by atoms with Crippen molar-refractivity contribution in [3.63, 3.8) is 0 Å². The van der Waals surface area contributed by atoms with Gasteiger partial charge in [-0.25, -0.2) is 4.98 Å². The molecule has 0 saturated carbocycles. The number of pyridine rings is 1. The van der Waals surface area contributed by atoms with E-state index < -0.39 is 0 Å². The Bertz CT molecular complexity index is 763. The Labute approximate surface area is 122 Å². The summed E-state index contributed by atoms with van der Waals surface area (Å²) in [5.74, 6) is 2.49. The highest BCUT2D eigenvalue weighted by Crippen LogP contribution is 2.12. The molecule has 3 heterocycles. The van der Waals surface area contributed by atoms with E-state index in [1.807, 2.05) is 50.3 Å². The summed E-state index contributed by atoms with van der Waals surface area (Å²) in [4.78, 5) is 6.28. The van der Waals surface area contributed by atoms with Gasteiger partial charge >= 0.3 is 0 Å². The van der Waals surface area contributed by atoms with E-state index in [0.29, 0.717) is 6.54 Å². The molecule has 21 heavy (non-hydrogen) atoms. The summed E-state index contributed by atoms with van der Waals surface area (Å²) >= 11 is 0. The largest absolute Gasteiger partial charge is 0.365 e. The minimum atomic E-state index is 0.684. The molecule has 7 nitrogen and oxygen atoms in total. The molecular weight excluding hydrogens is 266 g/mol. The highest BCUT2D eigenvalue weighted by atomic mass is 15.4. The molecule has 0 aliphatic rings. The highest BCUT2D eigenvalue weighted by molar-refractivity contribution is 5.45. The third-order valence-corrected chi connectivity index (χ3v) is 3.16. The number of aryl methyl sites for hydroxylation is 1. The van der Waals surface area contributed by atoms with Gasteiger partial charge in [0.1, 0.15) is 11.6 Å². The topological polar surface area (TPSA) is 71.2 Å². The van der Waals surface area contributed by atoms with Gasteiger partial charge in [-0.15, -0.1) is 15.3 Å². The first-order valence-electron chi connectivity index (χ1n) is 6.69. The molecule has 0 aromatic carbocycles. The van der Waals surface area contributed by atoms with Gasteiger partial charge in [-0.05, 0) is 36.8 Å². The van der Waals surface area contributed by atoms with Crippen molar-refractivity contribution in [2.75, 3.05) is 24.3 Å². The lowest BCUT2D eigenvalue weighted by Gasteiger charge is -2.12. The SMILES string of the molecule is Cc1nnc2ccc(NCc3ccnc(N(C)C)c3)nn12. The molecular formula is C14H17N7. The lowest BCUT2D eigenvalue weighted by Crippen LogP contribution is -2.11. The fraction of sp³-hybridized carbons (Fsp3) is 0.286. The van der Waals surface area contributed by atoms with Crippen molar-refractivity contribution in [3.8, 4) is 0 Å². The van der Waals surface area contributed by atoms with Gasteiger partial charge in [0.25, 0.3) is 0 Å². The number of rotatable bonds is 4. The Morgan fingerprint density at radius 1 is 1.19 bits per heavy atom. The van der Waals surface area contributed by atoms with Gasteiger partial charge in [0.15, 0.2) is 11.5 Å². The van der Waals surface area contributed by atoms with Gasteiger partial charge in [0.05, 0.1) is 0 Å². The number of nitrogens with zero attached hydrogens (tertiary/aromatic N) is 6. The predicted octanol–water partition coefficient (Wildman–Crippen LogP) is 1.51. The third-order valence-electron chi connectivity index (χ3n) is 3.16. The average molecular weight is 283 g/mol. The van der Waals surface area contributed by atoms with Crippen molar-refractivity contribution in [2.45, 2.75) is 13.5 Å². The van der Waals surface area contributed by atoms with Crippen LogP contribution in [0.2, 0.25) is 0 Å². The van der Waals surface area contributed by atoms with Crippen molar-refractivity contribution in [3.05, 3.63) is 41.9 Å². The summed E-state index contributed by atoms with van der Waals surface area (Å²) in [6.07, 6.45) is 1.81. The van der Waals surface area contributed by atoms with Crippen molar-refractivity contribution in [2.24, 2.45) is 0 Å². The number of fused-ring (bicyclic) bond motifs is 1. The van der Waals surface area contributed by atoms with Crippen molar-refractivity contribution in [1.82, 2.24) is 24.8 Å². The molecule has 3 aromatic rings. The monoisotopic (exact) mass is 283 g/mol. The van der Waals surface area contributed by atoms with Crippen LogP contribution >= 0.6 is 0 Å². The Kier molecular flexibility index (Phi) is 3.39. The number of anilines is 2. The molecule has 0 atom stereocenters. The van der Waals surface area contributed by atoms with Crippen molar-refractivity contribution < 1.29 is 0 Å². The van der Waals surface area contributed by atoms with Crippen molar-refractivity contribution >= 4 is 17.3 Å². The molecule has 108 valence electrons. The maximum absolute atomic E-state index is 4.46. The van der Waals surface area contributed by atoms with Crippen LogP contribution in [0, 0.1) is 6.92 Å². The minimum absolute atomic E-state index is 0.684. The zero-order chi connectivity index (χ0) is 14.8. The van der Waals surface area contributed by atoms with Crippen LogP contribution in [0.4, 0.5) is 11.6 Å². The van der Waals surface area contributed by atoms with Crippen LogP contribution in [0.1, 0.15) is 11.4 Å². The number of aromatic nitrogens is 5. The molecule has 3 aromatic heterocycles.